The van der Waals surface area contributed by atoms with Crippen molar-refractivity contribution in [3.8, 4) is 0 Å². The zero-order chi connectivity index (χ0) is 13.2. The quantitative estimate of drug-likeness (QED) is 0.360. The van der Waals surface area contributed by atoms with E-state index in [9.17, 15) is 0 Å². The molecular weight excluding hydrogens is 244 g/mol. The highest BCUT2D eigenvalue weighted by atomic mass is 32.1. The molecule has 0 aromatic carbocycles. The first-order valence-corrected chi connectivity index (χ1v) is 7.12. The van der Waals surface area contributed by atoms with Crippen LogP contribution in [0.1, 0.15) is 30.2 Å². The third kappa shape index (κ3) is 5.82. The van der Waals surface area contributed by atoms with Gasteiger partial charge in [-0.1, -0.05) is 12.2 Å². The fraction of sp³-hybridized carbons (Fsp3) is 0.538. The largest absolute Gasteiger partial charge is 0.357 e. The van der Waals surface area contributed by atoms with Crippen molar-refractivity contribution in [3.63, 3.8) is 0 Å². The van der Waals surface area contributed by atoms with Crippen molar-refractivity contribution < 1.29 is 0 Å². The minimum atomic E-state index is 0.636. The number of nitrogens with one attached hydrogen (secondary N) is 2. The summed E-state index contributed by atoms with van der Waals surface area (Å²) in [5.41, 5.74) is 0. The fourth-order valence-electron chi connectivity index (χ4n) is 1.40. The zero-order valence-electron chi connectivity index (χ0n) is 11.4. The molecule has 18 heavy (non-hydrogen) atoms. The molecule has 0 spiro atoms. The van der Waals surface area contributed by atoms with Crippen LogP contribution in [0.25, 0.3) is 0 Å². The Kier molecular flexibility index (Phi) is 7.10. The second-order valence-electron chi connectivity index (χ2n) is 3.84. The van der Waals surface area contributed by atoms with Gasteiger partial charge in [0.2, 0.25) is 0 Å². The molecule has 100 valence electrons. The lowest BCUT2D eigenvalue weighted by Gasteiger charge is -2.09. The van der Waals surface area contributed by atoms with Gasteiger partial charge in [0.15, 0.2) is 5.96 Å². The Labute approximate surface area is 113 Å². The van der Waals surface area contributed by atoms with E-state index in [1.54, 1.807) is 11.3 Å². The van der Waals surface area contributed by atoms with Crippen molar-refractivity contribution in [2.75, 3.05) is 13.1 Å². The Bertz CT molecular complexity index is 395. The summed E-state index contributed by atoms with van der Waals surface area (Å²) >= 11 is 1.69. The van der Waals surface area contributed by atoms with E-state index in [1.807, 2.05) is 13.1 Å². The molecule has 0 bridgehead atoms. The zero-order valence-corrected chi connectivity index (χ0v) is 12.2. The summed E-state index contributed by atoms with van der Waals surface area (Å²) in [5.74, 6) is 0.856. The van der Waals surface area contributed by atoms with Crippen molar-refractivity contribution in [2.24, 2.45) is 4.99 Å². The third-order valence-electron chi connectivity index (χ3n) is 2.22. The summed E-state index contributed by atoms with van der Waals surface area (Å²) < 4.78 is 0. The van der Waals surface area contributed by atoms with Gasteiger partial charge >= 0.3 is 0 Å². The summed E-state index contributed by atoms with van der Waals surface area (Å²) in [6.45, 7) is 8.56. The Morgan fingerprint density at radius 3 is 2.94 bits per heavy atom. The number of hydrogen-bond acceptors (Lipinski definition) is 3. The highest BCUT2D eigenvalue weighted by molar-refractivity contribution is 7.11. The predicted octanol–water partition coefficient (Wildman–Crippen LogP) is 2.47. The van der Waals surface area contributed by atoms with Gasteiger partial charge < -0.3 is 10.6 Å². The summed E-state index contributed by atoms with van der Waals surface area (Å²) in [6.07, 6.45) is 7.10. The lowest BCUT2D eigenvalue weighted by molar-refractivity contribution is 0.809. The molecule has 2 N–H and O–H groups in total. The van der Waals surface area contributed by atoms with Crippen molar-refractivity contribution >= 4 is 17.3 Å². The molecule has 0 saturated heterocycles. The fourth-order valence-corrected chi connectivity index (χ4v) is 2.12. The maximum Gasteiger partial charge on any atom is 0.191 e. The van der Waals surface area contributed by atoms with Gasteiger partial charge in [-0.3, -0.25) is 0 Å². The first-order chi connectivity index (χ1) is 8.76. The molecule has 1 rings (SSSR count). The molecule has 0 radical (unpaired) electrons. The van der Waals surface area contributed by atoms with Gasteiger partial charge in [0.1, 0.15) is 5.01 Å². The number of aliphatic imine (C=N–C) groups is 1. The van der Waals surface area contributed by atoms with Crippen LogP contribution in [0.2, 0.25) is 0 Å². The van der Waals surface area contributed by atoms with E-state index < -0.39 is 0 Å². The van der Waals surface area contributed by atoms with Crippen molar-refractivity contribution in [3.05, 3.63) is 28.2 Å². The Hall–Kier alpha value is -1.36. The predicted molar refractivity (Wildman–Crippen MR) is 79.1 cm³/mol. The van der Waals surface area contributed by atoms with Gasteiger partial charge in [-0.2, -0.15) is 0 Å². The Balaban J connectivity index is 2.44. The monoisotopic (exact) mass is 266 g/mol. The van der Waals surface area contributed by atoms with E-state index in [0.717, 1.165) is 30.5 Å². The highest BCUT2D eigenvalue weighted by Crippen LogP contribution is 2.11. The van der Waals surface area contributed by atoms with Gasteiger partial charge in [0.25, 0.3) is 0 Å². The smallest absolute Gasteiger partial charge is 0.191 e. The lowest BCUT2D eigenvalue weighted by atomic mass is 10.4. The number of aryl methyl sites for hydroxylation is 1. The van der Waals surface area contributed by atoms with E-state index in [2.05, 4.69) is 46.6 Å². The Morgan fingerprint density at radius 2 is 2.33 bits per heavy atom. The molecule has 0 saturated carbocycles. The van der Waals surface area contributed by atoms with Gasteiger partial charge in [0.05, 0.1) is 6.54 Å². The van der Waals surface area contributed by atoms with Crippen molar-refractivity contribution in [1.29, 1.82) is 0 Å². The molecule has 0 amide bonds. The van der Waals surface area contributed by atoms with Crippen LogP contribution in [0.3, 0.4) is 0 Å². The van der Waals surface area contributed by atoms with Gasteiger partial charge in [0, 0.05) is 24.2 Å². The van der Waals surface area contributed by atoms with Crippen LogP contribution < -0.4 is 10.6 Å². The average molecular weight is 266 g/mol. The van der Waals surface area contributed by atoms with Crippen LogP contribution in [-0.4, -0.2) is 24.0 Å². The minimum Gasteiger partial charge on any atom is -0.357 e. The standard InChI is InChI=1S/C13H22N4S/c1-4-6-7-8-15-13(14-5-2)17-10-12-16-9-11(3)18-12/h4,6,9H,5,7-8,10H2,1-3H3,(H2,14,15,17)/b6-4+. The minimum absolute atomic E-state index is 0.636. The first kappa shape index (κ1) is 14.7. The van der Waals surface area contributed by atoms with Crippen LogP contribution in [0.4, 0.5) is 0 Å². The number of allylic oxidation sites excluding steroid dienone is 1. The van der Waals surface area contributed by atoms with Crippen molar-refractivity contribution in [2.45, 2.75) is 33.7 Å². The summed E-state index contributed by atoms with van der Waals surface area (Å²) in [4.78, 5) is 10.0. The molecular formula is C13H22N4S. The SMILES string of the molecule is C/C=C/CCNC(=NCc1ncc(C)s1)NCC. The first-order valence-electron chi connectivity index (χ1n) is 6.31. The third-order valence-corrected chi connectivity index (χ3v) is 3.12. The van der Waals surface area contributed by atoms with Crippen LogP contribution in [0.15, 0.2) is 23.3 Å². The molecule has 4 nitrogen and oxygen atoms in total. The van der Waals surface area contributed by atoms with E-state index in [4.69, 9.17) is 0 Å². The number of thiazole rings is 1. The molecule has 0 aliphatic rings. The molecule has 0 atom stereocenters. The summed E-state index contributed by atoms with van der Waals surface area (Å²) in [6, 6.07) is 0. The number of hydrogen-bond donors (Lipinski definition) is 2. The molecule has 1 aromatic heterocycles. The maximum absolute atomic E-state index is 4.51. The van der Waals surface area contributed by atoms with Crippen LogP contribution in [0.5, 0.6) is 0 Å². The molecule has 5 heteroatoms. The lowest BCUT2D eigenvalue weighted by Crippen LogP contribution is -2.37. The van der Waals surface area contributed by atoms with E-state index in [0.29, 0.717) is 6.54 Å². The van der Waals surface area contributed by atoms with E-state index in [1.165, 1.54) is 4.88 Å². The second-order valence-corrected chi connectivity index (χ2v) is 5.16. The van der Waals surface area contributed by atoms with E-state index in [-0.39, 0.29) is 0 Å². The second kappa shape index (κ2) is 8.69. The number of guanidine groups is 1. The van der Waals surface area contributed by atoms with Crippen molar-refractivity contribution in [1.82, 2.24) is 15.6 Å². The van der Waals surface area contributed by atoms with Gasteiger partial charge in [-0.05, 0) is 27.2 Å². The van der Waals surface area contributed by atoms with E-state index >= 15 is 0 Å². The highest BCUT2D eigenvalue weighted by Gasteiger charge is 1.99. The van der Waals surface area contributed by atoms with Gasteiger partial charge in [-0.25, -0.2) is 9.98 Å². The molecule has 1 heterocycles. The Morgan fingerprint density at radius 1 is 1.50 bits per heavy atom. The molecule has 0 aliphatic heterocycles. The number of rotatable bonds is 6. The van der Waals surface area contributed by atoms with Crippen LogP contribution >= 0.6 is 11.3 Å². The van der Waals surface area contributed by atoms with Crippen LogP contribution in [0, 0.1) is 6.92 Å². The van der Waals surface area contributed by atoms with Gasteiger partial charge in [-0.15, -0.1) is 11.3 Å². The molecule has 0 unspecified atom stereocenters. The number of nitrogens with zero attached hydrogens (tertiary/aromatic N) is 2. The normalized spacial score (nSPS) is 12.1. The molecule has 0 aliphatic carbocycles. The summed E-state index contributed by atoms with van der Waals surface area (Å²) in [7, 11) is 0. The molecule has 0 fully saturated rings. The van der Waals surface area contributed by atoms with Crippen LogP contribution in [-0.2, 0) is 6.54 Å². The molecule has 1 aromatic rings. The average Bonchev–Trinajstić information content (AvgIpc) is 2.77. The summed E-state index contributed by atoms with van der Waals surface area (Å²) in [5, 5.41) is 7.58. The number of aromatic nitrogens is 1. The topological polar surface area (TPSA) is 49.3 Å². The maximum atomic E-state index is 4.51.